The molecule has 2 rings (SSSR count). The van der Waals surface area contributed by atoms with Crippen molar-refractivity contribution in [3.8, 4) is 11.4 Å². The van der Waals surface area contributed by atoms with Gasteiger partial charge in [-0.15, -0.1) is 4.68 Å². The Balaban J connectivity index is 2.69. The van der Waals surface area contributed by atoms with E-state index in [1.165, 1.54) is 0 Å². The Labute approximate surface area is 88.4 Å². The summed E-state index contributed by atoms with van der Waals surface area (Å²) in [5, 5.41) is 4.35. The SMILES string of the molecule is Cc1ncncc1-c1n(C)nc(C)[n+]1C. The van der Waals surface area contributed by atoms with Crippen LogP contribution in [0, 0.1) is 13.8 Å². The zero-order chi connectivity index (χ0) is 11.0. The fourth-order valence-electron chi connectivity index (χ4n) is 1.67. The molecule has 0 atom stereocenters. The quantitative estimate of drug-likeness (QED) is 0.628. The molecular formula is C10H14N5+. The third kappa shape index (κ3) is 1.49. The van der Waals surface area contributed by atoms with E-state index in [1.54, 1.807) is 6.33 Å². The molecule has 0 saturated heterocycles. The second kappa shape index (κ2) is 3.42. The molecule has 0 bridgehead atoms. The van der Waals surface area contributed by atoms with Crippen molar-refractivity contribution in [1.82, 2.24) is 19.7 Å². The minimum atomic E-state index is 0.962. The van der Waals surface area contributed by atoms with Crippen LogP contribution >= 0.6 is 0 Å². The van der Waals surface area contributed by atoms with Crippen LogP contribution in [-0.2, 0) is 14.1 Å². The van der Waals surface area contributed by atoms with Crippen molar-refractivity contribution in [2.24, 2.45) is 14.1 Å². The Kier molecular flexibility index (Phi) is 2.22. The molecule has 2 aromatic rings. The maximum Gasteiger partial charge on any atom is 0.274 e. The molecule has 5 heteroatoms. The van der Waals surface area contributed by atoms with Crippen molar-refractivity contribution in [3.05, 3.63) is 24.0 Å². The molecule has 0 aliphatic carbocycles. The summed E-state index contributed by atoms with van der Waals surface area (Å²) in [5.41, 5.74) is 1.98. The zero-order valence-electron chi connectivity index (χ0n) is 9.39. The molecule has 78 valence electrons. The molecule has 2 heterocycles. The molecule has 0 radical (unpaired) electrons. The van der Waals surface area contributed by atoms with E-state index in [0.29, 0.717) is 0 Å². The van der Waals surface area contributed by atoms with Crippen LogP contribution < -0.4 is 4.57 Å². The van der Waals surface area contributed by atoms with Crippen LogP contribution in [0.5, 0.6) is 0 Å². The fraction of sp³-hybridized carbons (Fsp3) is 0.400. The molecule has 2 aromatic heterocycles. The van der Waals surface area contributed by atoms with Crippen molar-refractivity contribution < 1.29 is 4.57 Å². The van der Waals surface area contributed by atoms with Gasteiger partial charge in [0, 0.05) is 18.2 Å². The molecule has 0 aliphatic rings. The van der Waals surface area contributed by atoms with E-state index in [9.17, 15) is 0 Å². The summed E-state index contributed by atoms with van der Waals surface area (Å²) in [6.45, 7) is 3.95. The highest BCUT2D eigenvalue weighted by Gasteiger charge is 2.21. The first-order chi connectivity index (χ1) is 7.11. The third-order valence-electron chi connectivity index (χ3n) is 2.56. The van der Waals surface area contributed by atoms with Crippen LogP contribution in [-0.4, -0.2) is 19.7 Å². The summed E-state index contributed by atoms with van der Waals surface area (Å²) >= 11 is 0. The van der Waals surface area contributed by atoms with Gasteiger partial charge in [0.05, 0.1) is 25.4 Å². The lowest BCUT2D eigenvalue weighted by molar-refractivity contribution is -0.667. The average Bonchev–Trinajstić information content (AvgIpc) is 2.43. The Morgan fingerprint density at radius 1 is 1.33 bits per heavy atom. The largest absolute Gasteiger partial charge is 0.274 e. The predicted octanol–water partition coefficient (Wildman–Crippen LogP) is 0.318. The lowest BCUT2D eigenvalue weighted by atomic mass is 10.2. The van der Waals surface area contributed by atoms with Crippen molar-refractivity contribution >= 4 is 0 Å². The van der Waals surface area contributed by atoms with E-state index in [2.05, 4.69) is 15.1 Å². The van der Waals surface area contributed by atoms with Crippen molar-refractivity contribution in [1.29, 1.82) is 0 Å². The van der Waals surface area contributed by atoms with Gasteiger partial charge < -0.3 is 0 Å². The number of hydrogen-bond donors (Lipinski definition) is 0. The molecule has 0 fully saturated rings. The fourth-order valence-corrected chi connectivity index (χ4v) is 1.67. The van der Waals surface area contributed by atoms with E-state index in [1.807, 2.05) is 43.4 Å². The zero-order valence-corrected chi connectivity index (χ0v) is 9.39. The molecule has 0 aliphatic heterocycles. The Morgan fingerprint density at radius 3 is 2.60 bits per heavy atom. The predicted molar refractivity (Wildman–Crippen MR) is 54.9 cm³/mol. The van der Waals surface area contributed by atoms with E-state index in [-0.39, 0.29) is 0 Å². The van der Waals surface area contributed by atoms with Gasteiger partial charge in [0.2, 0.25) is 0 Å². The molecule has 0 N–H and O–H groups in total. The molecule has 0 amide bonds. The van der Waals surface area contributed by atoms with Crippen molar-refractivity contribution in [2.45, 2.75) is 13.8 Å². The smallest absolute Gasteiger partial charge is 0.244 e. The molecule has 15 heavy (non-hydrogen) atoms. The van der Waals surface area contributed by atoms with Crippen LogP contribution in [0.3, 0.4) is 0 Å². The summed E-state index contributed by atoms with van der Waals surface area (Å²) in [6, 6.07) is 0. The van der Waals surface area contributed by atoms with Crippen molar-refractivity contribution in [3.63, 3.8) is 0 Å². The molecule has 0 saturated carbocycles. The third-order valence-corrected chi connectivity index (χ3v) is 2.56. The summed E-state index contributed by atoms with van der Waals surface area (Å²) in [7, 11) is 3.92. The van der Waals surface area contributed by atoms with E-state index < -0.39 is 0 Å². The lowest BCUT2D eigenvalue weighted by Crippen LogP contribution is -2.32. The van der Waals surface area contributed by atoms with Crippen LogP contribution in [0.4, 0.5) is 0 Å². The lowest BCUT2D eigenvalue weighted by Gasteiger charge is -2.00. The summed E-state index contributed by atoms with van der Waals surface area (Å²) in [5.74, 6) is 1.99. The number of aromatic nitrogens is 5. The van der Waals surface area contributed by atoms with Crippen LogP contribution in [0.2, 0.25) is 0 Å². The van der Waals surface area contributed by atoms with Gasteiger partial charge in [-0.1, -0.05) is 0 Å². The first kappa shape index (κ1) is 9.76. The molecule has 5 nitrogen and oxygen atoms in total. The topological polar surface area (TPSA) is 47.5 Å². The second-order valence-corrected chi connectivity index (χ2v) is 3.58. The average molecular weight is 204 g/mol. The van der Waals surface area contributed by atoms with Crippen LogP contribution in [0.25, 0.3) is 11.4 Å². The summed E-state index contributed by atoms with van der Waals surface area (Å²) in [4.78, 5) is 8.23. The van der Waals surface area contributed by atoms with E-state index in [4.69, 9.17) is 0 Å². The van der Waals surface area contributed by atoms with Gasteiger partial charge in [-0.2, -0.15) is 0 Å². The minimum Gasteiger partial charge on any atom is -0.244 e. The Hall–Kier alpha value is -1.78. The highest BCUT2D eigenvalue weighted by atomic mass is 15.4. The normalized spacial score (nSPS) is 10.7. The van der Waals surface area contributed by atoms with Gasteiger partial charge in [-0.3, -0.25) is 0 Å². The van der Waals surface area contributed by atoms with Gasteiger partial charge in [0.15, 0.2) is 0 Å². The van der Waals surface area contributed by atoms with Crippen LogP contribution in [0.1, 0.15) is 11.5 Å². The minimum absolute atomic E-state index is 0.962. The Morgan fingerprint density at radius 2 is 2.07 bits per heavy atom. The summed E-state index contributed by atoms with van der Waals surface area (Å²) in [6.07, 6.45) is 3.38. The number of aryl methyl sites for hydroxylation is 3. The molecule has 0 aromatic carbocycles. The first-order valence-electron chi connectivity index (χ1n) is 4.78. The van der Waals surface area contributed by atoms with Crippen LogP contribution in [0.15, 0.2) is 12.5 Å². The molecular weight excluding hydrogens is 190 g/mol. The monoisotopic (exact) mass is 204 g/mol. The number of rotatable bonds is 1. The number of nitrogens with zero attached hydrogens (tertiary/aromatic N) is 5. The van der Waals surface area contributed by atoms with Crippen molar-refractivity contribution in [2.75, 3.05) is 0 Å². The highest BCUT2D eigenvalue weighted by Crippen LogP contribution is 2.15. The second-order valence-electron chi connectivity index (χ2n) is 3.58. The molecule has 0 spiro atoms. The molecule has 0 unspecified atom stereocenters. The van der Waals surface area contributed by atoms with Gasteiger partial charge in [0.25, 0.3) is 11.6 Å². The van der Waals surface area contributed by atoms with Gasteiger partial charge in [-0.25, -0.2) is 14.5 Å². The first-order valence-corrected chi connectivity index (χ1v) is 4.78. The van der Waals surface area contributed by atoms with E-state index in [0.717, 1.165) is 22.9 Å². The number of hydrogen-bond acceptors (Lipinski definition) is 3. The maximum atomic E-state index is 4.35. The van der Waals surface area contributed by atoms with Gasteiger partial charge >= 0.3 is 0 Å². The van der Waals surface area contributed by atoms with Gasteiger partial charge in [0.1, 0.15) is 6.33 Å². The maximum absolute atomic E-state index is 4.35. The van der Waals surface area contributed by atoms with Gasteiger partial charge in [-0.05, 0) is 6.92 Å². The summed E-state index contributed by atoms with van der Waals surface area (Å²) < 4.78 is 3.88. The Bertz CT molecular complexity index is 501. The standard InChI is InChI=1S/C10H14N5/c1-7-9(5-11-6-12-7)10-14(3)8(2)13-15(10)4/h5-6H,1-4H3/q+1. The van der Waals surface area contributed by atoms with E-state index >= 15 is 0 Å². The highest BCUT2D eigenvalue weighted by molar-refractivity contribution is 5.53.